The molecule has 1 rings (SSSR count). The second kappa shape index (κ2) is 5.65. The van der Waals surface area contributed by atoms with Crippen LogP contribution in [0, 0.1) is 0 Å². The number of halogens is 1. The molecule has 0 amide bonds. The molecular weight excluding hydrogens is 248 g/mol. The van der Waals surface area contributed by atoms with Crippen molar-refractivity contribution in [3.8, 4) is 5.75 Å². The number of rotatable bonds is 5. The number of carboxylic acid groups (broad SMARTS) is 1. The van der Waals surface area contributed by atoms with Gasteiger partial charge in [0.25, 0.3) is 0 Å². The van der Waals surface area contributed by atoms with Crippen LogP contribution in [0.25, 0.3) is 0 Å². The largest absolute Gasteiger partial charge is 0.508 e. The average Bonchev–Trinajstić information content (AvgIpc) is 2.28. The van der Waals surface area contributed by atoms with Crippen molar-refractivity contribution in [3.63, 3.8) is 0 Å². The summed E-state index contributed by atoms with van der Waals surface area (Å²) >= 11 is 5.42. The van der Waals surface area contributed by atoms with Crippen LogP contribution >= 0.6 is 11.6 Å². The molecule has 0 aliphatic heterocycles. The fraction of sp³-hybridized carbons (Fsp3) is 0.273. The maximum absolute atomic E-state index is 11.5. The number of aliphatic carboxylic acids is 1. The van der Waals surface area contributed by atoms with E-state index in [4.69, 9.17) is 16.7 Å². The molecule has 3 N–H and O–H groups in total. The molecule has 1 aromatic rings. The van der Waals surface area contributed by atoms with Gasteiger partial charge in [-0.25, -0.2) is 4.79 Å². The van der Waals surface area contributed by atoms with Crippen molar-refractivity contribution >= 4 is 23.4 Å². The van der Waals surface area contributed by atoms with E-state index in [1.807, 2.05) is 0 Å². The van der Waals surface area contributed by atoms with Gasteiger partial charge < -0.3 is 15.3 Å². The predicted molar refractivity (Wildman–Crippen MR) is 60.4 cm³/mol. The van der Waals surface area contributed by atoms with Crippen LogP contribution in [-0.2, 0) is 4.79 Å². The predicted octanol–water partition coefficient (Wildman–Crippen LogP) is 1.32. The normalized spacial score (nSPS) is 12.1. The van der Waals surface area contributed by atoms with Crippen LogP contribution < -0.4 is 0 Å². The van der Waals surface area contributed by atoms with Gasteiger partial charge in [-0.3, -0.25) is 4.79 Å². The van der Waals surface area contributed by atoms with Crippen LogP contribution in [0.3, 0.4) is 0 Å². The monoisotopic (exact) mass is 258 g/mol. The molecule has 0 bridgehead atoms. The smallest absolute Gasteiger partial charge is 0.337 e. The molecule has 0 spiro atoms. The molecule has 6 heteroatoms. The summed E-state index contributed by atoms with van der Waals surface area (Å²) in [6, 6.07) is 3.67. The van der Waals surface area contributed by atoms with Crippen LogP contribution in [0.1, 0.15) is 28.4 Å². The molecule has 0 heterocycles. The summed E-state index contributed by atoms with van der Waals surface area (Å²) in [7, 11) is 0. The van der Waals surface area contributed by atoms with Crippen molar-refractivity contribution in [2.24, 2.45) is 0 Å². The Labute approximate surface area is 102 Å². The van der Waals surface area contributed by atoms with Gasteiger partial charge in [0.15, 0.2) is 11.9 Å². The van der Waals surface area contributed by atoms with Crippen molar-refractivity contribution in [3.05, 3.63) is 29.3 Å². The number of hydrogen-bond donors (Lipinski definition) is 3. The molecule has 0 saturated carbocycles. The maximum Gasteiger partial charge on any atom is 0.337 e. The molecule has 0 aliphatic rings. The summed E-state index contributed by atoms with van der Waals surface area (Å²) in [6.45, 7) is 0. The van der Waals surface area contributed by atoms with Crippen molar-refractivity contribution in [2.75, 3.05) is 5.88 Å². The van der Waals surface area contributed by atoms with Crippen LogP contribution in [0.4, 0.5) is 0 Å². The number of phenolic OH excluding ortho intramolecular Hbond substituents is 1. The molecule has 1 aromatic carbocycles. The summed E-state index contributed by atoms with van der Waals surface area (Å²) < 4.78 is 0. The number of alkyl halides is 1. The maximum atomic E-state index is 11.5. The van der Waals surface area contributed by atoms with Crippen molar-refractivity contribution < 1.29 is 24.9 Å². The number of hydrogen-bond acceptors (Lipinski definition) is 4. The highest BCUT2D eigenvalue weighted by Crippen LogP contribution is 2.26. The Morgan fingerprint density at radius 3 is 2.53 bits per heavy atom. The third-order valence-electron chi connectivity index (χ3n) is 2.20. The topological polar surface area (TPSA) is 94.8 Å². The number of aliphatic hydroxyl groups excluding tert-OH is 1. The van der Waals surface area contributed by atoms with Gasteiger partial charge in [-0.15, -0.1) is 11.6 Å². The summed E-state index contributed by atoms with van der Waals surface area (Å²) in [5, 5.41) is 27.3. The molecule has 1 unspecified atom stereocenters. The Bertz CT molecular complexity index is 443. The van der Waals surface area contributed by atoms with E-state index < -0.39 is 12.1 Å². The zero-order valence-corrected chi connectivity index (χ0v) is 9.52. The van der Waals surface area contributed by atoms with Gasteiger partial charge in [0.1, 0.15) is 5.75 Å². The average molecular weight is 259 g/mol. The van der Waals surface area contributed by atoms with E-state index in [-0.39, 0.29) is 35.0 Å². The second-order valence-electron chi connectivity index (χ2n) is 3.38. The summed E-state index contributed by atoms with van der Waals surface area (Å²) in [6.07, 6.45) is -1.76. The Balaban J connectivity index is 3.10. The third kappa shape index (κ3) is 3.18. The molecule has 17 heavy (non-hydrogen) atoms. The first-order valence-electron chi connectivity index (χ1n) is 4.80. The van der Waals surface area contributed by atoms with Gasteiger partial charge in [0.2, 0.25) is 0 Å². The minimum absolute atomic E-state index is 0.106. The zero-order chi connectivity index (χ0) is 13.0. The molecular formula is C11H11ClO5. The first-order valence-corrected chi connectivity index (χ1v) is 5.33. The summed E-state index contributed by atoms with van der Waals surface area (Å²) in [4.78, 5) is 22.1. The number of Topliss-reactive ketones (excluding diaryl/α,β-unsaturated/α-hetero) is 1. The number of carbonyl (C=O) groups is 2. The molecule has 5 nitrogen and oxygen atoms in total. The summed E-state index contributed by atoms with van der Waals surface area (Å²) in [5.41, 5.74) is -0.00308. The van der Waals surface area contributed by atoms with Crippen LogP contribution in [0.5, 0.6) is 5.75 Å². The van der Waals surface area contributed by atoms with E-state index in [1.54, 1.807) is 0 Å². The van der Waals surface area contributed by atoms with Crippen LogP contribution in [0.2, 0.25) is 0 Å². The van der Waals surface area contributed by atoms with Crippen LogP contribution in [-0.4, -0.2) is 33.0 Å². The molecule has 92 valence electrons. The lowest BCUT2D eigenvalue weighted by molar-refractivity contribution is -0.147. The van der Waals surface area contributed by atoms with Crippen molar-refractivity contribution in [2.45, 2.75) is 12.5 Å². The van der Waals surface area contributed by atoms with E-state index >= 15 is 0 Å². The number of phenols is 1. The van der Waals surface area contributed by atoms with E-state index in [9.17, 15) is 19.8 Å². The summed E-state index contributed by atoms with van der Waals surface area (Å²) in [5.74, 6) is -2.00. The highest BCUT2D eigenvalue weighted by molar-refractivity contribution is 6.19. The van der Waals surface area contributed by atoms with Gasteiger partial charge >= 0.3 is 5.97 Å². The molecule has 1 atom stereocenters. The van der Waals surface area contributed by atoms with Crippen LogP contribution in [0.15, 0.2) is 18.2 Å². The fourth-order valence-corrected chi connectivity index (χ4v) is 1.48. The van der Waals surface area contributed by atoms with Gasteiger partial charge in [-0.2, -0.15) is 0 Å². The van der Waals surface area contributed by atoms with Crippen molar-refractivity contribution in [1.82, 2.24) is 0 Å². The number of aromatic hydroxyl groups is 1. The minimum Gasteiger partial charge on any atom is -0.508 e. The Hall–Kier alpha value is -1.59. The zero-order valence-electron chi connectivity index (χ0n) is 8.76. The lowest BCUT2D eigenvalue weighted by Gasteiger charge is -2.09. The molecule has 0 radical (unpaired) electrons. The molecule has 0 aliphatic carbocycles. The minimum atomic E-state index is -1.86. The SMILES string of the molecule is O=C(CCCl)c1ccc(O)c(C(O)C(=O)O)c1. The highest BCUT2D eigenvalue weighted by atomic mass is 35.5. The lowest BCUT2D eigenvalue weighted by Crippen LogP contribution is -2.11. The van der Waals surface area contributed by atoms with E-state index in [2.05, 4.69) is 0 Å². The number of carbonyl (C=O) groups excluding carboxylic acids is 1. The Morgan fingerprint density at radius 2 is 2.00 bits per heavy atom. The Morgan fingerprint density at radius 1 is 1.35 bits per heavy atom. The second-order valence-corrected chi connectivity index (χ2v) is 3.75. The number of aliphatic hydroxyl groups is 1. The molecule has 0 saturated heterocycles. The van der Waals surface area contributed by atoms with E-state index in [0.29, 0.717) is 0 Å². The lowest BCUT2D eigenvalue weighted by atomic mass is 10.0. The third-order valence-corrected chi connectivity index (χ3v) is 2.39. The fourth-order valence-electron chi connectivity index (χ4n) is 1.31. The standard InChI is InChI=1S/C11H11ClO5/c12-4-3-8(13)6-1-2-9(14)7(5-6)10(15)11(16)17/h1-2,5,10,14-15H,3-4H2,(H,16,17). The van der Waals surface area contributed by atoms with Gasteiger partial charge in [-0.1, -0.05) is 0 Å². The van der Waals surface area contributed by atoms with E-state index in [0.717, 1.165) is 6.07 Å². The van der Waals surface area contributed by atoms with Crippen molar-refractivity contribution in [1.29, 1.82) is 0 Å². The quantitative estimate of drug-likeness (QED) is 0.547. The number of ketones is 1. The Kier molecular flexibility index (Phi) is 4.48. The first-order chi connectivity index (χ1) is 7.97. The van der Waals surface area contributed by atoms with Gasteiger partial charge in [-0.05, 0) is 18.2 Å². The molecule has 0 aromatic heterocycles. The first kappa shape index (κ1) is 13.5. The highest BCUT2D eigenvalue weighted by Gasteiger charge is 2.21. The van der Waals surface area contributed by atoms with E-state index in [1.165, 1.54) is 12.1 Å². The van der Waals surface area contributed by atoms with Gasteiger partial charge in [0.05, 0.1) is 0 Å². The number of benzene rings is 1. The molecule has 0 fully saturated rings. The number of carboxylic acids is 1. The van der Waals surface area contributed by atoms with Gasteiger partial charge in [0, 0.05) is 23.4 Å².